The van der Waals surface area contributed by atoms with Gasteiger partial charge in [-0.3, -0.25) is 0 Å². The molecule has 0 spiro atoms. The number of rotatable bonds is 3. The first kappa shape index (κ1) is 29.0. The summed E-state index contributed by atoms with van der Waals surface area (Å²) in [5.41, 5.74) is 10.2. The van der Waals surface area contributed by atoms with Gasteiger partial charge < -0.3 is 19.2 Å². The van der Waals surface area contributed by atoms with Crippen LogP contribution in [-0.2, 0) is 20.1 Å². The first-order chi connectivity index (χ1) is 22.9. The van der Waals surface area contributed by atoms with Crippen molar-refractivity contribution in [2.45, 2.75) is 0 Å². The van der Waals surface area contributed by atoms with Crippen molar-refractivity contribution in [2.24, 2.45) is 0 Å². The molecule has 4 nitrogen and oxygen atoms in total. The van der Waals surface area contributed by atoms with E-state index >= 15 is 0 Å². The summed E-state index contributed by atoms with van der Waals surface area (Å²) < 4.78 is 2.43. The number of hydrogen-bond donors (Lipinski definition) is 0. The number of para-hydroxylation sites is 5. The fourth-order valence-electron chi connectivity index (χ4n) is 6.73. The van der Waals surface area contributed by atoms with Crippen LogP contribution in [0.4, 0.5) is 22.7 Å². The van der Waals surface area contributed by atoms with E-state index in [1.165, 1.54) is 38.1 Å². The average Bonchev–Trinajstić information content (AvgIpc) is 3.81. The van der Waals surface area contributed by atoms with Crippen LogP contribution in [0, 0.1) is 18.8 Å². The zero-order valence-corrected chi connectivity index (χ0v) is 27.6. The van der Waals surface area contributed by atoms with Crippen LogP contribution in [0.2, 0.25) is 0 Å². The number of benzene rings is 6. The summed E-state index contributed by atoms with van der Waals surface area (Å²) in [4.78, 5) is 8.76. The van der Waals surface area contributed by atoms with Crippen molar-refractivity contribution in [1.82, 2.24) is 9.38 Å². The molecule has 10 rings (SSSR count). The predicted molar refractivity (Wildman–Crippen MR) is 190 cm³/mol. The number of anilines is 4. The monoisotopic (exact) mass is 780 g/mol. The van der Waals surface area contributed by atoms with E-state index in [1.807, 2.05) is 42.5 Å². The van der Waals surface area contributed by atoms with Crippen LogP contribution in [0.25, 0.3) is 49.4 Å². The van der Waals surface area contributed by atoms with Crippen molar-refractivity contribution in [3.8, 4) is 11.3 Å². The van der Waals surface area contributed by atoms with Gasteiger partial charge >= 0.3 is 20.1 Å². The fraction of sp³-hybridized carbons (Fsp3) is 0. The van der Waals surface area contributed by atoms with Gasteiger partial charge in [0, 0.05) is 45.1 Å². The molecule has 224 valence electrons. The van der Waals surface area contributed by atoms with Crippen LogP contribution in [0.1, 0.15) is 0 Å². The Morgan fingerprint density at radius 1 is 0.511 bits per heavy atom. The molecule has 0 fully saturated rings. The van der Waals surface area contributed by atoms with Crippen LogP contribution in [0.15, 0.2) is 158 Å². The Morgan fingerprint density at radius 3 is 1.98 bits per heavy atom. The zero-order valence-electron chi connectivity index (χ0n) is 25.2. The molecule has 0 aliphatic carbocycles. The van der Waals surface area contributed by atoms with Crippen molar-refractivity contribution < 1.29 is 20.1 Å². The molecule has 9 aromatic rings. The summed E-state index contributed by atoms with van der Waals surface area (Å²) in [6.45, 7) is 2.19. The Bertz CT molecular complexity index is 2420. The molecule has 1 aliphatic heterocycles. The van der Waals surface area contributed by atoms with E-state index in [1.54, 1.807) is 6.20 Å². The Hall–Kier alpha value is -5.48. The van der Waals surface area contributed by atoms with Crippen molar-refractivity contribution in [1.29, 1.82) is 0 Å². The summed E-state index contributed by atoms with van der Waals surface area (Å²) in [5.74, 6) is 0. The molecule has 47 heavy (non-hydrogen) atoms. The number of fused-ring (bicyclic) bond motifs is 7. The third-order valence-corrected chi connectivity index (χ3v) is 8.71. The maximum atomic E-state index is 4.22. The topological polar surface area (TPSA) is 23.8 Å². The molecule has 5 heteroatoms. The summed E-state index contributed by atoms with van der Waals surface area (Å²) >= 11 is 0. The van der Waals surface area contributed by atoms with Crippen LogP contribution < -0.4 is 9.80 Å². The van der Waals surface area contributed by atoms with Crippen molar-refractivity contribution in [2.75, 3.05) is 9.80 Å². The van der Waals surface area contributed by atoms with E-state index in [9.17, 15) is 0 Å². The molecule has 0 bridgehead atoms. The molecule has 4 heterocycles. The average molecular weight is 780 g/mol. The molecule has 0 unspecified atom stereocenters. The third-order valence-electron chi connectivity index (χ3n) is 8.71. The van der Waals surface area contributed by atoms with Crippen LogP contribution >= 0.6 is 0 Å². The first-order valence-electron chi connectivity index (χ1n) is 15.4. The second-order valence-electron chi connectivity index (χ2n) is 11.3. The normalized spacial score (nSPS) is 12.3. The molecule has 0 N–H and O–H groups in total. The van der Waals surface area contributed by atoms with Gasteiger partial charge in [-0.15, -0.1) is 48.0 Å². The van der Waals surface area contributed by atoms with E-state index < -0.39 is 0 Å². The number of nitrogens with zero attached hydrogens (tertiary/aromatic N) is 4. The fourth-order valence-corrected chi connectivity index (χ4v) is 6.73. The molecule has 0 saturated heterocycles. The van der Waals surface area contributed by atoms with Crippen molar-refractivity contribution in [3.05, 3.63) is 177 Å². The van der Waals surface area contributed by atoms with E-state index in [4.69, 9.17) is 0 Å². The Morgan fingerprint density at radius 2 is 1.19 bits per heavy atom. The van der Waals surface area contributed by atoms with Crippen molar-refractivity contribution in [3.63, 3.8) is 0 Å². The SMILES string of the molecule is [Ir+3].[c-]1ccc2c3cccc4c5ccccc5n(c2c1N1[CH-]N(c2ccccc2)c2ccccc21)c43.[c-]1ccccc1-c1ccccn1. The van der Waals surface area contributed by atoms with Crippen LogP contribution in [0.3, 0.4) is 0 Å². The van der Waals surface area contributed by atoms with Crippen LogP contribution in [-0.4, -0.2) is 9.38 Å². The molecule has 0 amide bonds. The molecule has 0 atom stereocenters. The van der Waals surface area contributed by atoms with E-state index in [0.29, 0.717) is 0 Å². The molecular formula is C42H27IrN4. The van der Waals surface area contributed by atoms with Gasteiger partial charge in [-0.05, 0) is 53.0 Å². The second kappa shape index (κ2) is 12.0. The first-order valence-corrected chi connectivity index (χ1v) is 15.4. The summed E-state index contributed by atoms with van der Waals surface area (Å²) in [7, 11) is 0. The summed E-state index contributed by atoms with van der Waals surface area (Å²) in [6.07, 6.45) is 1.79. The maximum absolute atomic E-state index is 4.22. The third kappa shape index (κ3) is 4.75. The van der Waals surface area contributed by atoms with Gasteiger partial charge in [-0.2, -0.15) is 18.2 Å². The number of aromatic nitrogens is 2. The summed E-state index contributed by atoms with van der Waals surface area (Å²) in [6, 6.07) is 59.1. The van der Waals surface area contributed by atoms with Gasteiger partial charge in [0.2, 0.25) is 0 Å². The Balaban J connectivity index is 0.000000212. The predicted octanol–water partition coefficient (Wildman–Crippen LogP) is 10.6. The Kier molecular flexibility index (Phi) is 7.41. The largest absolute Gasteiger partial charge is 3.00 e. The zero-order chi connectivity index (χ0) is 30.5. The van der Waals surface area contributed by atoms with Gasteiger partial charge in [0.1, 0.15) is 0 Å². The minimum absolute atomic E-state index is 0. The maximum Gasteiger partial charge on any atom is 3.00 e. The van der Waals surface area contributed by atoms with Gasteiger partial charge in [0.25, 0.3) is 0 Å². The van der Waals surface area contributed by atoms with E-state index in [0.717, 1.165) is 34.0 Å². The minimum atomic E-state index is 0. The second-order valence-corrected chi connectivity index (χ2v) is 11.3. The smallest absolute Gasteiger partial charge is 0.492 e. The van der Waals surface area contributed by atoms with Gasteiger partial charge in [0.05, 0.1) is 0 Å². The summed E-state index contributed by atoms with van der Waals surface area (Å²) in [5, 5.41) is 5.12. The van der Waals surface area contributed by atoms with Gasteiger partial charge in [0.15, 0.2) is 0 Å². The van der Waals surface area contributed by atoms with Gasteiger partial charge in [-0.1, -0.05) is 84.6 Å². The van der Waals surface area contributed by atoms with Gasteiger partial charge in [-0.25, -0.2) is 0 Å². The molecule has 0 radical (unpaired) electrons. The Labute approximate surface area is 286 Å². The quantitative estimate of drug-likeness (QED) is 0.167. The van der Waals surface area contributed by atoms with E-state index in [-0.39, 0.29) is 20.1 Å². The number of hydrogen-bond acceptors (Lipinski definition) is 3. The molecular weight excluding hydrogens is 753 g/mol. The molecule has 1 aliphatic rings. The van der Waals surface area contributed by atoms with E-state index in [2.05, 4.69) is 147 Å². The molecule has 3 aromatic heterocycles. The van der Waals surface area contributed by atoms with Crippen LogP contribution in [0.5, 0.6) is 0 Å². The number of pyridine rings is 1. The minimum Gasteiger partial charge on any atom is -0.492 e. The molecule has 6 aromatic carbocycles. The van der Waals surface area contributed by atoms with Crippen molar-refractivity contribution >= 4 is 60.8 Å². The standard InChI is InChI=1S/C31H19N3.C11H8N.Ir/c1-2-10-21(11-3-1)32-20-33(28-18-7-6-17-27(28)32)29-19-9-15-25-24-14-8-13-23-22-12-4-5-16-26(22)34(30(23)24)31(25)29;1-2-6-10(7-3-1)11-8-4-5-9-12-11;/h1-18,20H;1-6,8-9H;/q-2;-1;+3. The molecule has 0 saturated carbocycles.